The molecule has 6 heteroatoms. The summed E-state index contributed by atoms with van der Waals surface area (Å²) >= 11 is 1.66. The molecule has 1 aliphatic heterocycles. The first-order chi connectivity index (χ1) is 11.7. The van der Waals surface area contributed by atoms with E-state index in [1.807, 2.05) is 30.5 Å². The number of hydrogen-bond donors (Lipinski definition) is 1. The summed E-state index contributed by atoms with van der Waals surface area (Å²) in [7, 11) is 0. The summed E-state index contributed by atoms with van der Waals surface area (Å²) in [6.07, 6.45) is 1.40. The lowest BCUT2D eigenvalue weighted by atomic mass is 10.2. The summed E-state index contributed by atoms with van der Waals surface area (Å²) < 4.78 is 16.7. The Bertz CT molecular complexity index is 717. The van der Waals surface area contributed by atoms with Crippen LogP contribution in [0.2, 0.25) is 0 Å². The van der Waals surface area contributed by atoms with Gasteiger partial charge < -0.3 is 19.5 Å². The van der Waals surface area contributed by atoms with Gasteiger partial charge in [-0.1, -0.05) is 0 Å². The molecule has 1 amide bonds. The van der Waals surface area contributed by atoms with Gasteiger partial charge >= 0.3 is 0 Å². The normalized spacial score (nSPS) is 13.9. The molecule has 2 aromatic rings. The molecule has 0 aromatic heterocycles. The van der Waals surface area contributed by atoms with Gasteiger partial charge in [0.15, 0.2) is 17.6 Å². The van der Waals surface area contributed by atoms with Crippen molar-refractivity contribution in [3.05, 3.63) is 42.5 Å². The number of rotatable bonds is 5. The third-order valence-electron chi connectivity index (χ3n) is 3.55. The van der Waals surface area contributed by atoms with Crippen molar-refractivity contribution in [3.8, 4) is 17.2 Å². The molecule has 2 aromatic carbocycles. The maximum Gasteiger partial charge on any atom is 0.265 e. The van der Waals surface area contributed by atoms with E-state index in [2.05, 4.69) is 5.32 Å². The van der Waals surface area contributed by atoms with E-state index in [-0.39, 0.29) is 5.91 Å². The van der Waals surface area contributed by atoms with Gasteiger partial charge in [0.25, 0.3) is 5.91 Å². The van der Waals surface area contributed by atoms with Crippen LogP contribution in [0.4, 0.5) is 5.69 Å². The summed E-state index contributed by atoms with van der Waals surface area (Å²) in [6.45, 7) is 2.77. The molecule has 0 unspecified atom stereocenters. The van der Waals surface area contributed by atoms with E-state index in [0.717, 1.165) is 4.90 Å². The van der Waals surface area contributed by atoms with E-state index in [0.29, 0.717) is 36.1 Å². The minimum absolute atomic E-state index is 0.222. The quantitative estimate of drug-likeness (QED) is 0.840. The minimum Gasteiger partial charge on any atom is -0.486 e. The molecule has 0 bridgehead atoms. The average molecular weight is 345 g/mol. The lowest BCUT2D eigenvalue weighted by Crippen LogP contribution is -2.30. The van der Waals surface area contributed by atoms with Gasteiger partial charge in [0.2, 0.25) is 0 Å². The molecule has 1 aliphatic rings. The van der Waals surface area contributed by atoms with Crippen LogP contribution < -0.4 is 19.5 Å². The lowest BCUT2D eigenvalue weighted by Gasteiger charge is -2.19. The van der Waals surface area contributed by atoms with Gasteiger partial charge in [0.05, 0.1) is 0 Å². The molecule has 0 saturated heterocycles. The van der Waals surface area contributed by atoms with Crippen molar-refractivity contribution in [1.82, 2.24) is 0 Å². The Kier molecular flexibility index (Phi) is 5.15. The Balaban J connectivity index is 1.61. The molecule has 1 atom stereocenters. The largest absolute Gasteiger partial charge is 0.486 e. The molecule has 1 heterocycles. The van der Waals surface area contributed by atoms with Crippen molar-refractivity contribution < 1.29 is 19.0 Å². The summed E-state index contributed by atoms with van der Waals surface area (Å²) in [4.78, 5) is 13.4. The molecule has 0 spiro atoms. The van der Waals surface area contributed by atoms with Gasteiger partial charge in [-0.25, -0.2) is 0 Å². The Morgan fingerprint density at radius 1 is 1.12 bits per heavy atom. The third-order valence-corrected chi connectivity index (χ3v) is 4.29. The van der Waals surface area contributed by atoms with Crippen molar-refractivity contribution in [3.63, 3.8) is 0 Å². The second kappa shape index (κ2) is 7.49. The van der Waals surface area contributed by atoms with Crippen LogP contribution in [0, 0.1) is 0 Å². The molecule has 0 saturated carbocycles. The van der Waals surface area contributed by atoms with E-state index in [4.69, 9.17) is 14.2 Å². The van der Waals surface area contributed by atoms with Crippen molar-refractivity contribution in [2.24, 2.45) is 0 Å². The summed E-state index contributed by atoms with van der Waals surface area (Å²) in [5.74, 6) is 1.77. The van der Waals surface area contributed by atoms with Crippen LogP contribution in [0.3, 0.4) is 0 Å². The highest BCUT2D eigenvalue weighted by molar-refractivity contribution is 7.98. The number of amides is 1. The maximum absolute atomic E-state index is 12.3. The number of carbonyl (C=O) groups excluding carboxylic acids is 1. The second-order valence-electron chi connectivity index (χ2n) is 5.28. The fourth-order valence-electron chi connectivity index (χ4n) is 2.28. The van der Waals surface area contributed by atoms with Gasteiger partial charge in [-0.3, -0.25) is 4.79 Å². The van der Waals surface area contributed by atoms with Crippen LogP contribution in [0.25, 0.3) is 0 Å². The number of thioether (sulfide) groups is 1. The summed E-state index contributed by atoms with van der Waals surface area (Å²) in [6, 6.07) is 13.0. The van der Waals surface area contributed by atoms with E-state index < -0.39 is 6.10 Å². The van der Waals surface area contributed by atoms with Gasteiger partial charge in [-0.15, -0.1) is 11.8 Å². The van der Waals surface area contributed by atoms with Gasteiger partial charge in [-0.2, -0.15) is 0 Å². The molecule has 0 fully saturated rings. The predicted octanol–water partition coefficient (Wildman–Crippen LogP) is 3.59. The molecule has 1 N–H and O–H groups in total. The average Bonchev–Trinajstić information content (AvgIpc) is 2.62. The van der Waals surface area contributed by atoms with Crippen molar-refractivity contribution in [2.45, 2.75) is 17.9 Å². The van der Waals surface area contributed by atoms with Crippen LogP contribution >= 0.6 is 11.8 Å². The number of carbonyl (C=O) groups is 1. The zero-order valence-electron chi connectivity index (χ0n) is 13.6. The number of ether oxygens (including phenoxy) is 3. The molecule has 24 heavy (non-hydrogen) atoms. The third kappa shape index (κ3) is 3.94. The molecular weight excluding hydrogens is 326 g/mol. The van der Waals surface area contributed by atoms with Gasteiger partial charge in [0, 0.05) is 16.6 Å². The van der Waals surface area contributed by atoms with Crippen molar-refractivity contribution >= 4 is 23.4 Å². The Morgan fingerprint density at radius 3 is 2.54 bits per heavy atom. The second-order valence-corrected chi connectivity index (χ2v) is 6.16. The number of fused-ring (bicyclic) bond motifs is 1. The number of anilines is 1. The van der Waals surface area contributed by atoms with Crippen LogP contribution in [0.5, 0.6) is 17.2 Å². The van der Waals surface area contributed by atoms with Crippen molar-refractivity contribution in [2.75, 3.05) is 24.8 Å². The van der Waals surface area contributed by atoms with Gasteiger partial charge in [-0.05, 0) is 49.6 Å². The summed E-state index contributed by atoms with van der Waals surface area (Å²) in [5.41, 5.74) is 0.650. The Labute approximate surface area is 145 Å². The molecule has 3 rings (SSSR count). The summed E-state index contributed by atoms with van der Waals surface area (Å²) in [5, 5.41) is 2.83. The van der Waals surface area contributed by atoms with Crippen LogP contribution in [0.15, 0.2) is 47.4 Å². The molecule has 0 radical (unpaired) electrons. The number of benzene rings is 2. The van der Waals surface area contributed by atoms with E-state index in [1.165, 1.54) is 0 Å². The highest BCUT2D eigenvalue weighted by atomic mass is 32.2. The standard InChI is InChI=1S/C18H19NO4S/c1-12(23-14-4-6-15(24-2)7-5-14)18(20)19-13-3-8-16-17(11-13)22-10-9-21-16/h3-8,11-12H,9-10H2,1-2H3,(H,19,20)/t12-/m1/s1. The monoisotopic (exact) mass is 345 g/mol. The number of nitrogens with one attached hydrogen (secondary N) is 1. The minimum atomic E-state index is -0.613. The molecule has 126 valence electrons. The van der Waals surface area contributed by atoms with E-state index >= 15 is 0 Å². The van der Waals surface area contributed by atoms with E-state index in [9.17, 15) is 4.79 Å². The first-order valence-electron chi connectivity index (χ1n) is 7.67. The van der Waals surface area contributed by atoms with Crippen LogP contribution in [0.1, 0.15) is 6.92 Å². The number of hydrogen-bond acceptors (Lipinski definition) is 5. The SMILES string of the molecule is CSc1ccc(O[C@H](C)C(=O)Nc2ccc3c(c2)OCCO3)cc1. The van der Waals surface area contributed by atoms with E-state index in [1.54, 1.807) is 36.9 Å². The first kappa shape index (κ1) is 16.5. The topological polar surface area (TPSA) is 56.8 Å². The highest BCUT2D eigenvalue weighted by Gasteiger charge is 2.17. The van der Waals surface area contributed by atoms with Crippen molar-refractivity contribution in [1.29, 1.82) is 0 Å². The zero-order valence-corrected chi connectivity index (χ0v) is 14.4. The fraction of sp³-hybridized carbons (Fsp3) is 0.278. The smallest absolute Gasteiger partial charge is 0.265 e. The van der Waals surface area contributed by atoms with Crippen LogP contribution in [-0.4, -0.2) is 31.5 Å². The fourth-order valence-corrected chi connectivity index (χ4v) is 2.69. The highest BCUT2D eigenvalue weighted by Crippen LogP contribution is 2.32. The van der Waals surface area contributed by atoms with Crippen LogP contribution in [-0.2, 0) is 4.79 Å². The molecule has 5 nitrogen and oxygen atoms in total. The Hall–Kier alpha value is -2.34. The predicted molar refractivity (Wildman–Crippen MR) is 94.4 cm³/mol. The molecular formula is C18H19NO4S. The maximum atomic E-state index is 12.3. The lowest BCUT2D eigenvalue weighted by molar-refractivity contribution is -0.122. The first-order valence-corrected chi connectivity index (χ1v) is 8.89. The Morgan fingerprint density at radius 2 is 1.83 bits per heavy atom. The van der Waals surface area contributed by atoms with Gasteiger partial charge in [0.1, 0.15) is 19.0 Å². The zero-order chi connectivity index (χ0) is 16.9. The molecule has 0 aliphatic carbocycles.